The van der Waals surface area contributed by atoms with Gasteiger partial charge in [0, 0.05) is 33.1 Å². The quantitative estimate of drug-likeness (QED) is 0.101. The number of ether oxygens (including phenoxy) is 1. The van der Waals surface area contributed by atoms with E-state index in [0.717, 1.165) is 50.0 Å². The van der Waals surface area contributed by atoms with Gasteiger partial charge in [-0.2, -0.15) is 25.3 Å². The van der Waals surface area contributed by atoms with E-state index >= 15 is 0 Å². The fourth-order valence-corrected chi connectivity index (χ4v) is 6.81. The first kappa shape index (κ1) is 31.4. The van der Waals surface area contributed by atoms with Crippen molar-refractivity contribution < 1.29 is 22.8 Å². The number of hydrogen-bond donors (Lipinski definition) is 3. The Balaban J connectivity index is 6.64. The van der Waals surface area contributed by atoms with Crippen LogP contribution in [-0.4, -0.2) is 68.3 Å². The van der Waals surface area contributed by atoms with Crippen LogP contribution in [0, 0.1) is 5.41 Å². The molecule has 1 N–H and O–H groups in total. The Morgan fingerprint density at radius 3 is 2.16 bits per heavy atom. The van der Waals surface area contributed by atoms with Crippen LogP contribution in [0.25, 0.3) is 0 Å². The van der Waals surface area contributed by atoms with Crippen molar-refractivity contribution in [3.05, 3.63) is 0 Å². The minimum Gasteiger partial charge on any atom is -0.399 e. The number of nitrogens with one attached hydrogen (secondary N) is 1. The lowest BCUT2D eigenvalue weighted by atomic mass is 9.62. The average molecular weight is 514 g/mol. The molecule has 10 heteroatoms. The fraction of sp³-hybridized carbons (Fsp3) is 0.952. The van der Waals surface area contributed by atoms with Gasteiger partial charge in [-0.15, -0.1) is 0 Å². The van der Waals surface area contributed by atoms with Gasteiger partial charge in [0.25, 0.3) is 0 Å². The molecule has 0 saturated carbocycles. The van der Waals surface area contributed by atoms with Crippen molar-refractivity contribution >= 4 is 50.9 Å². The molecular formula is C21H47NO5S2Si2. The molecule has 3 unspecified atom stereocenters. The second kappa shape index (κ2) is 17.0. The Kier molecular flexibility index (Phi) is 17.2. The van der Waals surface area contributed by atoms with Gasteiger partial charge in [-0.05, 0) is 64.4 Å². The molecule has 186 valence electrons. The summed E-state index contributed by atoms with van der Waals surface area (Å²) >= 11 is 8.87. The van der Waals surface area contributed by atoms with Gasteiger partial charge in [0.1, 0.15) is 0 Å². The topological polar surface area (TPSA) is 66.0 Å². The Labute approximate surface area is 206 Å². The molecule has 0 aromatic rings. The Hall–Kier alpha value is 0.444. The van der Waals surface area contributed by atoms with Crippen molar-refractivity contribution in [2.45, 2.75) is 91.1 Å². The van der Waals surface area contributed by atoms with Crippen LogP contribution in [0.3, 0.4) is 0 Å². The second-order valence-corrected chi connectivity index (χ2v) is 10.7. The maximum atomic E-state index is 12.0. The molecule has 0 bridgehead atoms. The van der Waals surface area contributed by atoms with E-state index in [-0.39, 0.29) is 5.91 Å². The zero-order valence-corrected chi connectivity index (χ0v) is 25.2. The lowest BCUT2D eigenvalue weighted by Crippen LogP contribution is -2.68. The van der Waals surface area contributed by atoms with Gasteiger partial charge < -0.3 is 23.3 Å². The van der Waals surface area contributed by atoms with Gasteiger partial charge >= 0.3 is 10.0 Å². The van der Waals surface area contributed by atoms with Crippen molar-refractivity contribution in [3.8, 4) is 0 Å². The van der Waals surface area contributed by atoms with Gasteiger partial charge in [-0.1, -0.05) is 13.5 Å². The van der Waals surface area contributed by atoms with Crippen LogP contribution in [0.5, 0.6) is 0 Å². The average Bonchev–Trinajstić information content (AvgIpc) is 2.73. The Bertz CT molecular complexity index is 487. The van der Waals surface area contributed by atoms with Gasteiger partial charge in [0.05, 0.1) is 11.0 Å². The van der Waals surface area contributed by atoms with E-state index in [2.05, 4.69) is 51.0 Å². The standard InChI is InChI=1S/C21H47NO5S2Si2/c1-7-20(17-22-18(4)23,19(5,13-12-16-29)26-31-25-9-3)21(24-8-2,27-30-6)14-10-11-15-28/h28-29H,7-17,30-31H2,1-6H3,(H,22,23). The molecule has 3 atom stereocenters. The maximum Gasteiger partial charge on any atom is 0.304 e. The summed E-state index contributed by atoms with van der Waals surface area (Å²) in [5.74, 6) is 0.682. The lowest BCUT2D eigenvalue weighted by molar-refractivity contribution is -0.301. The van der Waals surface area contributed by atoms with E-state index in [9.17, 15) is 4.79 Å². The monoisotopic (exact) mass is 513 g/mol. The van der Waals surface area contributed by atoms with E-state index < -0.39 is 36.6 Å². The number of hydrogen-bond acceptors (Lipinski definition) is 7. The lowest BCUT2D eigenvalue weighted by Gasteiger charge is -2.58. The van der Waals surface area contributed by atoms with E-state index in [1.165, 1.54) is 0 Å². The zero-order valence-electron chi connectivity index (χ0n) is 20.6. The van der Waals surface area contributed by atoms with Crippen molar-refractivity contribution in [2.24, 2.45) is 5.41 Å². The molecule has 0 aliphatic heterocycles. The molecule has 0 saturated heterocycles. The van der Waals surface area contributed by atoms with Crippen LogP contribution < -0.4 is 5.32 Å². The molecule has 0 aromatic carbocycles. The van der Waals surface area contributed by atoms with Crippen LogP contribution >= 0.6 is 25.3 Å². The number of amides is 1. The highest BCUT2D eigenvalue weighted by Crippen LogP contribution is 2.53. The summed E-state index contributed by atoms with van der Waals surface area (Å²) in [6, 6.07) is 0. The molecular weight excluding hydrogens is 467 g/mol. The third kappa shape index (κ3) is 8.96. The normalized spacial score (nSPS) is 18.3. The van der Waals surface area contributed by atoms with Gasteiger partial charge in [-0.3, -0.25) is 4.79 Å². The molecule has 0 heterocycles. The summed E-state index contributed by atoms with van der Waals surface area (Å²) in [5.41, 5.74) is -1.16. The molecule has 0 aliphatic carbocycles. The zero-order chi connectivity index (χ0) is 23.8. The van der Waals surface area contributed by atoms with E-state index in [4.69, 9.17) is 18.0 Å². The number of unbranched alkanes of at least 4 members (excludes halogenated alkanes) is 1. The van der Waals surface area contributed by atoms with Gasteiger partial charge in [0.15, 0.2) is 15.6 Å². The molecule has 31 heavy (non-hydrogen) atoms. The highest BCUT2D eigenvalue weighted by atomic mass is 32.1. The summed E-state index contributed by atoms with van der Waals surface area (Å²) in [7, 11) is -2.02. The van der Waals surface area contributed by atoms with Crippen molar-refractivity contribution in [2.75, 3.05) is 31.3 Å². The van der Waals surface area contributed by atoms with E-state index in [0.29, 0.717) is 19.8 Å². The number of rotatable bonds is 20. The second-order valence-electron chi connectivity index (χ2n) is 7.96. The first-order valence-electron chi connectivity index (χ1n) is 11.7. The van der Waals surface area contributed by atoms with Crippen molar-refractivity contribution in [1.29, 1.82) is 0 Å². The SMILES string of the molecule is CCO[SiH2]OC(C)(CCCS)C(CC)(CNC(C)=O)C(CCCCS)(OCC)O[SiH2]C. The van der Waals surface area contributed by atoms with E-state index in [1.807, 2.05) is 13.8 Å². The highest BCUT2D eigenvalue weighted by Gasteiger charge is 2.61. The van der Waals surface area contributed by atoms with Crippen molar-refractivity contribution in [3.63, 3.8) is 0 Å². The van der Waals surface area contributed by atoms with E-state index in [1.54, 1.807) is 6.92 Å². The van der Waals surface area contributed by atoms with Crippen molar-refractivity contribution in [1.82, 2.24) is 5.32 Å². The third-order valence-electron chi connectivity index (χ3n) is 6.13. The Morgan fingerprint density at radius 1 is 1.00 bits per heavy atom. The maximum absolute atomic E-state index is 12.0. The largest absolute Gasteiger partial charge is 0.399 e. The summed E-state index contributed by atoms with van der Waals surface area (Å²) in [5, 5.41) is 3.10. The molecule has 0 radical (unpaired) electrons. The number of carbonyl (C=O) groups is 1. The van der Waals surface area contributed by atoms with Crippen LogP contribution in [0.4, 0.5) is 0 Å². The molecule has 0 aromatic heterocycles. The first-order chi connectivity index (χ1) is 14.8. The van der Waals surface area contributed by atoms with Crippen LogP contribution in [0.1, 0.15) is 73.1 Å². The molecule has 6 nitrogen and oxygen atoms in total. The summed E-state index contributed by atoms with van der Waals surface area (Å²) in [6.45, 7) is 13.6. The number of carbonyl (C=O) groups excluding carboxylic acids is 1. The Morgan fingerprint density at radius 2 is 1.68 bits per heavy atom. The highest BCUT2D eigenvalue weighted by molar-refractivity contribution is 7.80. The smallest absolute Gasteiger partial charge is 0.304 e. The summed E-state index contributed by atoms with van der Waals surface area (Å²) in [4.78, 5) is 12.0. The van der Waals surface area contributed by atoms with Gasteiger partial charge in [0.2, 0.25) is 5.91 Å². The minimum absolute atomic E-state index is 0.0640. The third-order valence-corrected chi connectivity index (χ3v) is 8.85. The number of thiol groups is 2. The fourth-order valence-electron chi connectivity index (χ4n) is 4.53. The molecule has 0 aliphatic rings. The predicted octanol–water partition coefficient (Wildman–Crippen LogP) is 3.02. The predicted molar refractivity (Wildman–Crippen MR) is 142 cm³/mol. The van der Waals surface area contributed by atoms with Crippen LogP contribution in [-0.2, 0) is 22.8 Å². The molecule has 0 fully saturated rings. The first-order valence-corrected chi connectivity index (χ1v) is 16.1. The minimum atomic E-state index is -1.21. The molecule has 0 rings (SSSR count). The van der Waals surface area contributed by atoms with Crippen LogP contribution in [0.15, 0.2) is 0 Å². The van der Waals surface area contributed by atoms with Gasteiger partial charge in [-0.25, -0.2) is 0 Å². The van der Waals surface area contributed by atoms with Crippen LogP contribution in [0.2, 0.25) is 6.55 Å². The molecule has 1 amide bonds. The molecule has 0 spiro atoms. The summed E-state index contributed by atoms with van der Waals surface area (Å²) < 4.78 is 25.6. The summed E-state index contributed by atoms with van der Waals surface area (Å²) in [6.07, 6.45) is 5.09.